The fourth-order valence-electron chi connectivity index (χ4n) is 3.11. The lowest BCUT2D eigenvalue weighted by Crippen LogP contribution is -2.12. The van der Waals surface area contributed by atoms with E-state index in [2.05, 4.69) is 27.8 Å². The SMILES string of the molecule is COC(=O)c1c(/N=C/c2cc(Br)cc([N+](=O)[O-])c2O)sc2c1CCC(C)C2. The Hall–Kier alpha value is -2.26. The Morgan fingerprint density at radius 3 is 2.93 bits per heavy atom. The third-order valence-corrected chi connectivity index (χ3v) is 6.10. The fraction of sp³-hybridized carbons (Fsp3) is 0.333. The second-order valence-electron chi connectivity index (χ2n) is 6.40. The molecular formula is C18H17BrN2O5S. The number of aromatic hydroxyl groups is 1. The van der Waals surface area contributed by atoms with E-state index in [9.17, 15) is 20.0 Å². The molecule has 7 nitrogen and oxygen atoms in total. The number of aliphatic imine (C=N–C) groups is 1. The Kier molecular flexibility index (Phi) is 5.61. The number of nitro benzene ring substituents is 1. The molecule has 142 valence electrons. The number of esters is 1. The van der Waals surface area contributed by atoms with Gasteiger partial charge in [-0.1, -0.05) is 22.9 Å². The summed E-state index contributed by atoms with van der Waals surface area (Å²) in [7, 11) is 1.33. The summed E-state index contributed by atoms with van der Waals surface area (Å²) >= 11 is 4.62. The lowest BCUT2D eigenvalue weighted by atomic mass is 9.88. The molecule has 0 radical (unpaired) electrons. The van der Waals surface area contributed by atoms with E-state index >= 15 is 0 Å². The van der Waals surface area contributed by atoms with Crippen LogP contribution in [0.5, 0.6) is 5.75 Å². The van der Waals surface area contributed by atoms with E-state index in [0.717, 1.165) is 29.7 Å². The van der Waals surface area contributed by atoms with Crippen molar-refractivity contribution in [2.45, 2.75) is 26.2 Å². The van der Waals surface area contributed by atoms with Gasteiger partial charge in [0.2, 0.25) is 5.75 Å². The quantitative estimate of drug-likeness (QED) is 0.311. The van der Waals surface area contributed by atoms with Crippen molar-refractivity contribution in [1.82, 2.24) is 0 Å². The van der Waals surface area contributed by atoms with Crippen molar-refractivity contribution in [2.24, 2.45) is 10.9 Å². The first kappa shape index (κ1) is 19.5. The number of hydrogen-bond acceptors (Lipinski definition) is 7. The minimum Gasteiger partial charge on any atom is -0.502 e. The maximum absolute atomic E-state index is 12.3. The number of phenols is 1. The summed E-state index contributed by atoms with van der Waals surface area (Å²) < 4.78 is 5.37. The van der Waals surface area contributed by atoms with Crippen LogP contribution in [0, 0.1) is 16.0 Å². The summed E-state index contributed by atoms with van der Waals surface area (Å²) in [5, 5.41) is 21.7. The summed E-state index contributed by atoms with van der Waals surface area (Å²) in [6, 6.07) is 2.75. The van der Waals surface area contributed by atoms with Gasteiger partial charge in [-0.25, -0.2) is 9.79 Å². The molecule has 1 atom stereocenters. The van der Waals surface area contributed by atoms with Crippen LogP contribution in [0.1, 0.15) is 39.7 Å². The second kappa shape index (κ2) is 7.77. The van der Waals surface area contributed by atoms with Crippen molar-refractivity contribution >= 4 is 50.1 Å². The summed E-state index contributed by atoms with van der Waals surface area (Å²) in [6.45, 7) is 2.17. The molecule has 1 unspecified atom stereocenters. The van der Waals surface area contributed by atoms with Gasteiger partial charge in [0.25, 0.3) is 0 Å². The number of thiophene rings is 1. The molecule has 0 amide bonds. The number of fused-ring (bicyclic) bond motifs is 1. The van der Waals surface area contributed by atoms with Gasteiger partial charge in [0.05, 0.1) is 17.6 Å². The van der Waals surface area contributed by atoms with Gasteiger partial charge in [0.15, 0.2) is 0 Å². The van der Waals surface area contributed by atoms with Crippen LogP contribution in [0.3, 0.4) is 0 Å². The monoisotopic (exact) mass is 452 g/mol. The van der Waals surface area contributed by atoms with Gasteiger partial charge in [-0.3, -0.25) is 10.1 Å². The molecule has 2 aromatic rings. The summed E-state index contributed by atoms with van der Waals surface area (Å²) in [6.07, 6.45) is 4.00. The maximum Gasteiger partial charge on any atom is 0.341 e. The predicted octanol–water partition coefficient (Wildman–Crippen LogP) is 4.79. The molecule has 3 rings (SSSR count). The van der Waals surface area contributed by atoms with E-state index in [1.165, 1.54) is 36.8 Å². The zero-order valence-electron chi connectivity index (χ0n) is 14.7. The minimum absolute atomic E-state index is 0.187. The van der Waals surface area contributed by atoms with Gasteiger partial charge < -0.3 is 9.84 Å². The number of carbonyl (C=O) groups is 1. The van der Waals surface area contributed by atoms with Gasteiger partial charge in [-0.15, -0.1) is 11.3 Å². The van der Waals surface area contributed by atoms with Crippen molar-refractivity contribution in [1.29, 1.82) is 0 Å². The molecule has 1 aromatic heterocycles. The molecule has 0 fully saturated rings. The van der Waals surface area contributed by atoms with Gasteiger partial charge in [-0.05, 0) is 36.8 Å². The van der Waals surface area contributed by atoms with Crippen LogP contribution in [0.25, 0.3) is 0 Å². The smallest absolute Gasteiger partial charge is 0.341 e. The van der Waals surface area contributed by atoms with E-state index < -0.39 is 22.3 Å². The molecule has 0 spiro atoms. The molecule has 1 aliphatic rings. The Labute approximate surface area is 168 Å². The van der Waals surface area contributed by atoms with Gasteiger partial charge in [0, 0.05) is 27.2 Å². The molecule has 1 heterocycles. The maximum atomic E-state index is 12.3. The lowest BCUT2D eigenvalue weighted by Gasteiger charge is -2.18. The van der Waals surface area contributed by atoms with Crippen molar-refractivity contribution in [2.75, 3.05) is 7.11 Å². The number of methoxy groups -OCH3 is 1. The van der Waals surface area contributed by atoms with Crippen LogP contribution in [-0.4, -0.2) is 29.3 Å². The average Bonchev–Trinajstić information content (AvgIpc) is 2.98. The highest BCUT2D eigenvalue weighted by molar-refractivity contribution is 9.10. The number of carbonyl (C=O) groups excluding carboxylic acids is 1. The number of nitro groups is 1. The Bertz CT molecular complexity index is 954. The van der Waals surface area contributed by atoms with Crippen LogP contribution >= 0.6 is 27.3 Å². The molecule has 0 saturated carbocycles. The van der Waals surface area contributed by atoms with Crippen LogP contribution in [0.2, 0.25) is 0 Å². The van der Waals surface area contributed by atoms with E-state index in [0.29, 0.717) is 21.0 Å². The molecule has 0 aliphatic heterocycles. The first-order chi connectivity index (χ1) is 12.8. The highest BCUT2D eigenvalue weighted by Gasteiger charge is 2.28. The Morgan fingerprint density at radius 1 is 1.52 bits per heavy atom. The first-order valence-corrected chi connectivity index (χ1v) is 9.86. The highest BCUT2D eigenvalue weighted by Crippen LogP contribution is 2.42. The zero-order chi connectivity index (χ0) is 19.7. The molecule has 1 aromatic carbocycles. The Morgan fingerprint density at radius 2 is 2.26 bits per heavy atom. The normalized spacial score (nSPS) is 16.3. The number of nitrogens with zero attached hydrogens (tertiary/aromatic N) is 2. The van der Waals surface area contributed by atoms with E-state index in [1.807, 2.05) is 0 Å². The third kappa shape index (κ3) is 3.89. The molecule has 0 saturated heterocycles. The van der Waals surface area contributed by atoms with Crippen molar-refractivity contribution < 1.29 is 19.6 Å². The average molecular weight is 453 g/mol. The van der Waals surface area contributed by atoms with Crippen molar-refractivity contribution in [3.63, 3.8) is 0 Å². The number of ether oxygens (including phenoxy) is 1. The van der Waals surface area contributed by atoms with Gasteiger partial charge in [0.1, 0.15) is 5.00 Å². The lowest BCUT2D eigenvalue weighted by molar-refractivity contribution is -0.385. The van der Waals surface area contributed by atoms with Gasteiger partial charge >= 0.3 is 11.7 Å². The molecule has 0 bridgehead atoms. The third-order valence-electron chi connectivity index (χ3n) is 4.48. The van der Waals surface area contributed by atoms with Crippen molar-refractivity contribution in [3.05, 3.63) is 48.3 Å². The molecular weight excluding hydrogens is 436 g/mol. The number of benzene rings is 1. The fourth-order valence-corrected chi connectivity index (χ4v) is 4.92. The van der Waals surface area contributed by atoms with Crippen LogP contribution < -0.4 is 0 Å². The largest absolute Gasteiger partial charge is 0.502 e. The van der Waals surface area contributed by atoms with Crippen LogP contribution in [0.4, 0.5) is 10.7 Å². The topological polar surface area (TPSA) is 102 Å². The highest BCUT2D eigenvalue weighted by atomic mass is 79.9. The Balaban J connectivity index is 2.06. The number of hydrogen-bond donors (Lipinski definition) is 1. The van der Waals surface area contributed by atoms with E-state index in [4.69, 9.17) is 4.74 Å². The van der Waals surface area contributed by atoms with Crippen molar-refractivity contribution in [3.8, 4) is 5.75 Å². The zero-order valence-corrected chi connectivity index (χ0v) is 17.1. The van der Waals surface area contributed by atoms with Crippen LogP contribution in [0.15, 0.2) is 21.6 Å². The van der Waals surface area contributed by atoms with Gasteiger partial charge in [-0.2, -0.15) is 0 Å². The molecule has 1 N–H and O–H groups in total. The first-order valence-electron chi connectivity index (χ1n) is 8.25. The van der Waals surface area contributed by atoms with E-state index in [-0.39, 0.29) is 5.56 Å². The summed E-state index contributed by atoms with van der Waals surface area (Å²) in [5.74, 6) is -0.379. The second-order valence-corrected chi connectivity index (χ2v) is 8.40. The van der Waals surface area contributed by atoms with E-state index in [1.54, 1.807) is 0 Å². The minimum atomic E-state index is -0.664. The summed E-state index contributed by atoms with van der Waals surface area (Å²) in [4.78, 5) is 28.2. The number of rotatable bonds is 4. The number of phenolic OH excluding ortho intramolecular Hbond substituents is 1. The van der Waals surface area contributed by atoms with Crippen LogP contribution in [-0.2, 0) is 17.6 Å². The molecule has 9 heteroatoms. The predicted molar refractivity (Wildman–Crippen MR) is 107 cm³/mol. The molecule has 27 heavy (non-hydrogen) atoms. The number of halogens is 1. The standard InChI is InChI=1S/C18H17BrN2O5S/c1-9-3-4-12-14(5-9)27-17(15(12)18(23)26-2)20-8-10-6-11(19)7-13(16(10)22)21(24)25/h6-9,22H,3-5H2,1-2H3/b20-8+. The summed E-state index contributed by atoms with van der Waals surface area (Å²) in [5.41, 5.74) is 1.19. The molecule has 1 aliphatic carbocycles.